The summed E-state index contributed by atoms with van der Waals surface area (Å²) >= 11 is 0. The van der Waals surface area contributed by atoms with Crippen molar-refractivity contribution < 1.29 is 19.1 Å². The largest absolute Gasteiger partial charge is 0.438 e. The number of fused-ring (bicyclic) bond motifs is 1. The number of ether oxygens (including phenoxy) is 2. The Morgan fingerprint density at radius 3 is 2.69 bits per heavy atom. The Labute approximate surface area is 170 Å². The number of carbonyl (C=O) groups is 2. The predicted molar refractivity (Wildman–Crippen MR) is 104 cm³/mol. The molecule has 3 aliphatic heterocycles. The molecule has 1 saturated carbocycles. The fraction of sp³-hybridized carbons (Fsp3) is 0.667. The number of carbonyl (C=O) groups excluding carboxylic acids is 2. The number of amides is 3. The summed E-state index contributed by atoms with van der Waals surface area (Å²) < 4.78 is 10.7. The van der Waals surface area contributed by atoms with Crippen LogP contribution in [0, 0.1) is 11.3 Å². The highest BCUT2D eigenvalue weighted by Crippen LogP contribution is 2.59. The van der Waals surface area contributed by atoms with Crippen molar-refractivity contribution in [1.82, 2.24) is 20.1 Å². The minimum Gasteiger partial charge on any atom is -0.438 e. The van der Waals surface area contributed by atoms with Crippen molar-refractivity contribution in [1.29, 1.82) is 0 Å². The van der Waals surface area contributed by atoms with E-state index in [2.05, 4.69) is 10.3 Å². The van der Waals surface area contributed by atoms with Crippen LogP contribution in [-0.4, -0.2) is 65.4 Å². The predicted octanol–water partition coefficient (Wildman–Crippen LogP) is 2.13. The second-order valence-corrected chi connectivity index (χ2v) is 9.25. The van der Waals surface area contributed by atoms with Crippen LogP contribution in [0.3, 0.4) is 0 Å². The summed E-state index contributed by atoms with van der Waals surface area (Å²) in [6.07, 6.45) is 6.49. The van der Waals surface area contributed by atoms with Crippen molar-refractivity contribution in [3.63, 3.8) is 0 Å². The molecule has 2 saturated heterocycles. The molecule has 156 valence electrons. The van der Waals surface area contributed by atoms with Crippen molar-refractivity contribution in [2.45, 2.75) is 44.9 Å². The van der Waals surface area contributed by atoms with E-state index in [0.29, 0.717) is 38.8 Å². The molecule has 8 heteroatoms. The Hall–Kier alpha value is -2.35. The Morgan fingerprint density at radius 2 is 2.00 bits per heavy atom. The molecule has 1 spiro atoms. The normalized spacial score (nSPS) is 25.9. The van der Waals surface area contributed by atoms with Crippen LogP contribution in [0.15, 0.2) is 18.5 Å². The molecule has 4 heterocycles. The lowest BCUT2D eigenvalue weighted by atomic mass is 9.91. The van der Waals surface area contributed by atoms with Crippen molar-refractivity contribution >= 4 is 12.1 Å². The molecule has 29 heavy (non-hydrogen) atoms. The number of nitrogens with zero attached hydrogens (tertiary/aromatic N) is 3. The first-order chi connectivity index (χ1) is 14.0. The smallest absolute Gasteiger partial charge is 0.410 e. The monoisotopic (exact) mass is 400 g/mol. The van der Waals surface area contributed by atoms with E-state index in [0.717, 1.165) is 37.9 Å². The van der Waals surface area contributed by atoms with E-state index in [1.165, 1.54) is 5.56 Å². The van der Waals surface area contributed by atoms with Gasteiger partial charge in [0, 0.05) is 45.1 Å². The zero-order valence-corrected chi connectivity index (χ0v) is 16.9. The second-order valence-electron chi connectivity index (χ2n) is 9.25. The molecule has 1 aromatic heterocycles. The van der Waals surface area contributed by atoms with Crippen LogP contribution in [-0.2, 0) is 22.6 Å². The first-order valence-corrected chi connectivity index (χ1v) is 10.5. The molecule has 3 amide bonds. The van der Waals surface area contributed by atoms with E-state index in [-0.39, 0.29) is 17.5 Å². The first-order valence-electron chi connectivity index (χ1n) is 10.5. The van der Waals surface area contributed by atoms with Gasteiger partial charge < -0.3 is 24.6 Å². The molecular weight excluding hydrogens is 372 g/mol. The molecule has 1 aromatic rings. The number of nitrogens with one attached hydrogen (secondary N) is 1. The fourth-order valence-electron chi connectivity index (χ4n) is 4.88. The Kier molecular flexibility index (Phi) is 4.42. The summed E-state index contributed by atoms with van der Waals surface area (Å²) in [5.41, 5.74) is 2.14. The van der Waals surface area contributed by atoms with Crippen LogP contribution in [0.5, 0.6) is 0 Å². The van der Waals surface area contributed by atoms with Crippen LogP contribution in [0.2, 0.25) is 0 Å². The van der Waals surface area contributed by atoms with Gasteiger partial charge in [0.1, 0.15) is 0 Å². The van der Waals surface area contributed by atoms with Gasteiger partial charge in [-0.3, -0.25) is 4.98 Å². The standard InChI is InChI=1S/C21H28N4O4/c1-20(13-28-14-20)29-19(27)24-6-3-21(4-7-24)8-17(21)10-23-18(26)25-11-15-2-5-22-9-16(15)12-25/h2,5,9,17H,3-4,6-8,10-14H2,1H3,(H,23,26)/t17-/m0/s1. The molecule has 1 aliphatic carbocycles. The number of pyridine rings is 1. The molecule has 4 aliphatic rings. The maximum absolute atomic E-state index is 12.5. The van der Waals surface area contributed by atoms with E-state index < -0.39 is 5.60 Å². The van der Waals surface area contributed by atoms with Crippen molar-refractivity contribution in [2.75, 3.05) is 32.8 Å². The van der Waals surface area contributed by atoms with Gasteiger partial charge in [-0.05, 0) is 54.7 Å². The van der Waals surface area contributed by atoms with Crippen LogP contribution in [0.4, 0.5) is 9.59 Å². The van der Waals surface area contributed by atoms with E-state index >= 15 is 0 Å². The zero-order valence-electron chi connectivity index (χ0n) is 16.9. The van der Waals surface area contributed by atoms with E-state index in [4.69, 9.17) is 9.47 Å². The van der Waals surface area contributed by atoms with Crippen LogP contribution in [0.25, 0.3) is 0 Å². The third-order valence-electron chi connectivity index (χ3n) is 7.04. The number of aromatic nitrogens is 1. The molecule has 1 N–H and O–H groups in total. The van der Waals surface area contributed by atoms with Gasteiger partial charge in [0.05, 0.1) is 13.2 Å². The van der Waals surface area contributed by atoms with Gasteiger partial charge in [-0.2, -0.15) is 0 Å². The SMILES string of the molecule is CC1(OC(=O)N2CCC3(CC2)C[C@H]3CNC(=O)N2Cc3ccncc3C2)COC1. The van der Waals surface area contributed by atoms with Gasteiger partial charge in [-0.1, -0.05) is 0 Å². The molecule has 1 atom stereocenters. The second kappa shape index (κ2) is 6.86. The lowest BCUT2D eigenvalue weighted by Gasteiger charge is -2.40. The van der Waals surface area contributed by atoms with Gasteiger partial charge in [-0.25, -0.2) is 9.59 Å². The van der Waals surface area contributed by atoms with Crippen molar-refractivity contribution in [2.24, 2.45) is 11.3 Å². The zero-order chi connectivity index (χ0) is 20.1. The molecule has 0 aromatic carbocycles. The highest BCUT2D eigenvalue weighted by molar-refractivity contribution is 5.75. The summed E-state index contributed by atoms with van der Waals surface area (Å²) in [6.45, 7) is 6.34. The number of likely N-dealkylation sites (tertiary alicyclic amines) is 1. The molecule has 8 nitrogen and oxygen atoms in total. The van der Waals surface area contributed by atoms with E-state index in [1.807, 2.05) is 29.0 Å². The quantitative estimate of drug-likeness (QED) is 0.840. The lowest BCUT2D eigenvalue weighted by molar-refractivity contribution is -0.172. The van der Waals surface area contributed by atoms with Crippen LogP contribution >= 0.6 is 0 Å². The molecule has 0 radical (unpaired) electrons. The fourth-order valence-corrected chi connectivity index (χ4v) is 4.88. The number of hydrogen-bond donors (Lipinski definition) is 1. The Morgan fingerprint density at radius 1 is 1.24 bits per heavy atom. The van der Waals surface area contributed by atoms with Crippen LogP contribution < -0.4 is 5.32 Å². The van der Waals surface area contributed by atoms with Gasteiger partial charge >= 0.3 is 12.1 Å². The van der Waals surface area contributed by atoms with E-state index in [1.54, 1.807) is 6.20 Å². The first kappa shape index (κ1) is 18.7. The molecule has 0 unspecified atom stereocenters. The van der Waals surface area contributed by atoms with Gasteiger partial charge in [0.15, 0.2) is 5.60 Å². The minimum absolute atomic E-state index is 0.000208. The average Bonchev–Trinajstić information content (AvgIpc) is 3.17. The summed E-state index contributed by atoms with van der Waals surface area (Å²) in [6, 6.07) is 1.98. The molecule has 0 bridgehead atoms. The number of rotatable bonds is 3. The number of urea groups is 1. The minimum atomic E-state index is -0.454. The Balaban J connectivity index is 1.06. The lowest BCUT2D eigenvalue weighted by Crippen LogP contribution is -2.53. The number of hydrogen-bond acceptors (Lipinski definition) is 5. The van der Waals surface area contributed by atoms with Crippen molar-refractivity contribution in [3.8, 4) is 0 Å². The summed E-state index contributed by atoms with van der Waals surface area (Å²) in [5.74, 6) is 0.508. The molecular formula is C21H28N4O4. The Bertz CT molecular complexity index is 792. The van der Waals surface area contributed by atoms with Gasteiger partial charge in [0.2, 0.25) is 0 Å². The highest BCUT2D eigenvalue weighted by Gasteiger charge is 2.55. The van der Waals surface area contributed by atoms with Crippen molar-refractivity contribution in [3.05, 3.63) is 29.6 Å². The highest BCUT2D eigenvalue weighted by atomic mass is 16.6. The van der Waals surface area contributed by atoms with Crippen LogP contribution in [0.1, 0.15) is 37.3 Å². The summed E-state index contributed by atoms with van der Waals surface area (Å²) in [4.78, 5) is 32.7. The average molecular weight is 400 g/mol. The third kappa shape index (κ3) is 3.54. The maximum atomic E-state index is 12.5. The van der Waals surface area contributed by atoms with Gasteiger partial charge in [-0.15, -0.1) is 0 Å². The maximum Gasteiger partial charge on any atom is 0.410 e. The van der Waals surface area contributed by atoms with Gasteiger partial charge in [0.25, 0.3) is 0 Å². The number of piperidine rings is 1. The molecule has 5 rings (SSSR count). The van der Waals surface area contributed by atoms with E-state index in [9.17, 15) is 9.59 Å². The third-order valence-corrected chi connectivity index (χ3v) is 7.04. The summed E-state index contributed by atoms with van der Waals surface area (Å²) in [5, 5.41) is 3.12. The summed E-state index contributed by atoms with van der Waals surface area (Å²) in [7, 11) is 0. The molecule has 3 fully saturated rings. The topological polar surface area (TPSA) is 84.0 Å².